The molecule has 0 spiro atoms. The van der Waals surface area contributed by atoms with Crippen molar-refractivity contribution in [3.8, 4) is 0 Å². The highest BCUT2D eigenvalue weighted by Gasteiger charge is 2.20. The van der Waals surface area contributed by atoms with Crippen LogP contribution in [-0.4, -0.2) is 25.8 Å². The molecule has 0 heterocycles. The van der Waals surface area contributed by atoms with Crippen molar-refractivity contribution < 1.29 is 4.74 Å². The summed E-state index contributed by atoms with van der Waals surface area (Å²) in [5.74, 6) is 0. The van der Waals surface area contributed by atoms with E-state index in [-0.39, 0.29) is 0 Å². The summed E-state index contributed by atoms with van der Waals surface area (Å²) in [7, 11) is 1.84. The Labute approximate surface area is 99.4 Å². The Bertz CT molecular complexity index is 237. The second-order valence-electron chi connectivity index (χ2n) is 5.18. The van der Waals surface area contributed by atoms with Gasteiger partial charge in [-0.25, -0.2) is 0 Å². The van der Waals surface area contributed by atoms with Crippen LogP contribution in [0.2, 0.25) is 0 Å². The van der Waals surface area contributed by atoms with E-state index >= 15 is 0 Å². The largest absolute Gasteiger partial charge is 0.381 e. The minimum absolute atomic E-state index is 0.497. The molecule has 92 valence electrons. The van der Waals surface area contributed by atoms with Crippen molar-refractivity contribution in [3.05, 3.63) is 11.6 Å². The zero-order valence-electron chi connectivity index (χ0n) is 10.5. The molecule has 2 unspecified atom stereocenters. The number of hydrogen-bond acceptors (Lipinski definition) is 2. The number of nitrogens with one attached hydrogen (secondary N) is 1. The van der Waals surface area contributed by atoms with E-state index in [4.69, 9.17) is 4.74 Å². The topological polar surface area (TPSA) is 21.3 Å². The van der Waals surface area contributed by atoms with Gasteiger partial charge in [0.05, 0.1) is 6.10 Å². The van der Waals surface area contributed by atoms with Crippen LogP contribution in [0.25, 0.3) is 0 Å². The van der Waals surface area contributed by atoms with Crippen LogP contribution in [0.1, 0.15) is 51.4 Å². The second kappa shape index (κ2) is 6.41. The lowest BCUT2D eigenvalue weighted by atomic mass is 9.93. The van der Waals surface area contributed by atoms with E-state index in [1.807, 2.05) is 7.11 Å². The molecule has 2 atom stereocenters. The molecule has 0 aliphatic heterocycles. The Morgan fingerprint density at radius 1 is 1.38 bits per heavy atom. The van der Waals surface area contributed by atoms with Gasteiger partial charge < -0.3 is 10.1 Å². The molecule has 16 heavy (non-hydrogen) atoms. The number of ether oxygens (including phenoxy) is 1. The van der Waals surface area contributed by atoms with Gasteiger partial charge in [0.15, 0.2) is 0 Å². The van der Waals surface area contributed by atoms with Crippen molar-refractivity contribution in [2.75, 3.05) is 13.7 Å². The van der Waals surface area contributed by atoms with Gasteiger partial charge in [-0.2, -0.15) is 0 Å². The van der Waals surface area contributed by atoms with Gasteiger partial charge in [-0.3, -0.25) is 0 Å². The smallest absolute Gasteiger partial charge is 0.0586 e. The molecule has 0 aromatic carbocycles. The van der Waals surface area contributed by atoms with Crippen LogP contribution in [0, 0.1) is 0 Å². The molecule has 0 aromatic heterocycles. The van der Waals surface area contributed by atoms with Crippen molar-refractivity contribution in [2.45, 2.75) is 63.5 Å². The van der Waals surface area contributed by atoms with Crippen LogP contribution < -0.4 is 5.32 Å². The number of hydrogen-bond donors (Lipinski definition) is 1. The quantitative estimate of drug-likeness (QED) is 0.723. The molecular formula is C14H25NO. The first kappa shape index (κ1) is 12.1. The lowest BCUT2D eigenvalue weighted by Crippen LogP contribution is -2.37. The molecule has 2 heteroatoms. The van der Waals surface area contributed by atoms with Crippen LogP contribution in [0.4, 0.5) is 0 Å². The standard InChI is InChI=1S/C14H25NO/c1-16-14-8-4-7-13(11-14)15-10-9-12-5-2-3-6-12/h5,13-15H,2-4,6-11H2,1H3. The molecule has 1 fully saturated rings. The van der Waals surface area contributed by atoms with Gasteiger partial charge in [-0.1, -0.05) is 11.6 Å². The molecule has 0 bridgehead atoms. The zero-order chi connectivity index (χ0) is 11.2. The third kappa shape index (κ3) is 3.60. The summed E-state index contributed by atoms with van der Waals surface area (Å²) in [6.07, 6.45) is 13.3. The fourth-order valence-corrected chi connectivity index (χ4v) is 2.95. The molecule has 0 saturated heterocycles. The summed E-state index contributed by atoms with van der Waals surface area (Å²) in [5, 5.41) is 3.69. The molecule has 0 amide bonds. The predicted molar refractivity (Wildman–Crippen MR) is 67.6 cm³/mol. The lowest BCUT2D eigenvalue weighted by Gasteiger charge is -2.29. The molecule has 2 rings (SSSR count). The lowest BCUT2D eigenvalue weighted by molar-refractivity contribution is 0.0590. The minimum Gasteiger partial charge on any atom is -0.381 e. The van der Waals surface area contributed by atoms with Crippen molar-refractivity contribution in [1.29, 1.82) is 0 Å². The van der Waals surface area contributed by atoms with Gasteiger partial charge in [0, 0.05) is 13.2 Å². The average Bonchev–Trinajstić information content (AvgIpc) is 2.82. The van der Waals surface area contributed by atoms with Crippen molar-refractivity contribution in [1.82, 2.24) is 5.32 Å². The van der Waals surface area contributed by atoms with Crippen LogP contribution >= 0.6 is 0 Å². The Balaban J connectivity index is 1.61. The maximum Gasteiger partial charge on any atom is 0.0586 e. The Hall–Kier alpha value is -0.340. The summed E-state index contributed by atoms with van der Waals surface area (Å²) in [6, 6.07) is 0.695. The minimum atomic E-state index is 0.497. The van der Waals surface area contributed by atoms with Crippen LogP contribution in [0.15, 0.2) is 11.6 Å². The van der Waals surface area contributed by atoms with E-state index in [0.717, 1.165) is 6.54 Å². The van der Waals surface area contributed by atoms with Gasteiger partial charge >= 0.3 is 0 Å². The maximum atomic E-state index is 5.45. The van der Waals surface area contributed by atoms with Crippen LogP contribution in [0.5, 0.6) is 0 Å². The Kier molecular flexibility index (Phi) is 4.86. The van der Waals surface area contributed by atoms with Crippen molar-refractivity contribution in [3.63, 3.8) is 0 Å². The normalized spacial score (nSPS) is 30.4. The maximum absolute atomic E-state index is 5.45. The number of rotatable bonds is 5. The highest BCUT2D eigenvalue weighted by molar-refractivity contribution is 5.07. The summed E-state index contributed by atoms with van der Waals surface area (Å²) in [4.78, 5) is 0. The Morgan fingerprint density at radius 2 is 2.31 bits per heavy atom. The summed E-state index contributed by atoms with van der Waals surface area (Å²) in [5.41, 5.74) is 1.67. The number of allylic oxidation sites excluding steroid dienone is 1. The van der Waals surface area contributed by atoms with Gasteiger partial charge in [0.2, 0.25) is 0 Å². The molecule has 1 N–H and O–H groups in total. The van der Waals surface area contributed by atoms with Crippen molar-refractivity contribution in [2.24, 2.45) is 0 Å². The van der Waals surface area contributed by atoms with E-state index < -0.39 is 0 Å². The fourth-order valence-electron chi connectivity index (χ4n) is 2.95. The van der Waals surface area contributed by atoms with E-state index in [1.165, 1.54) is 51.4 Å². The fraction of sp³-hybridized carbons (Fsp3) is 0.857. The predicted octanol–water partition coefficient (Wildman–Crippen LogP) is 3.03. The summed E-state index contributed by atoms with van der Waals surface area (Å²) >= 11 is 0. The molecule has 0 radical (unpaired) electrons. The third-order valence-corrected chi connectivity index (χ3v) is 3.97. The van der Waals surface area contributed by atoms with E-state index in [1.54, 1.807) is 5.57 Å². The molecular weight excluding hydrogens is 198 g/mol. The molecule has 0 aromatic rings. The summed E-state index contributed by atoms with van der Waals surface area (Å²) < 4.78 is 5.45. The average molecular weight is 223 g/mol. The highest BCUT2D eigenvalue weighted by atomic mass is 16.5. The van der Waals surface area contributed by atoms with E-state index in [0.29, 0.717) is 12.1 Å². The zero-order valence-corrected chi connectivity index (χ0v) is 10.5. The van der Waals surface area contributed by atoms with Crippen molar-refractivity contribution >= 4 is 0 Å². The van der Waals surface area contributed by atoms with E-state index in [9.17, 15) is 0 Å². The van der Waals surface area contributed by atoms with Gasteiger partial charge in [0.25, 0.3) is 0 Å². The molecule has 2 aliphatic rings. The summed E-state index contributed by atoms with van der Waals surface area (Å²) in [6.45, 7) is 1.16. The monoisotopic (exact) mass is 223 g/mol. The van der Waals surface area contributed by atoms with E-state index in [2.05, 4.69) is 11.4 Å². The Morgan fingerprint density at radius 3 is 3.06 bits per heavy atom. The SMILES string of the molecule is COC1CCCC(NCCC2=CCCC2)C1. The first-order valence-electron chi connectivity index (χ1n) is 6.82. The molecule has 2 nitrogen and oxygen atoms in total. The number of methoxy groups -OCH3 is 1. The van der Waals surface area contributed by atoms with Crippen LogP contribution in [0.3, 0.4) is 0 Å². The van der Waals surface area contributed by atoms with Gasteiger partial charge in [0.1, 0.15) is 0 Å². The first-order valence-corrected chi connectivity index (χ1v) is 6.82. The third-order valence-electron chi connectivity index (χ3n) is 3.97. The first-order chi connectivity index (χ1) is 7.88. The highest BCUT2D eigenvalue weighted by Crippen LogP contribution is 2.22. The van der Waals surface area contributed by atoms with Gasteiger partial charge in [-0.15, -0.1) is 0 Å². The molecule has 1 saturated carbocycles. The van der Waals surface area contributed by atoms with Crippen LogP contribution in [-0.2, 0) is 4.74 Å². The second-order valence-corrected chi connectivity index (χ2v) is 5.18. The van der Waals surface area contributed by atoms with Gasteiger partial charge in [-0.05, 0) is 57.9 Å². The molecule has 2 aliphatic carbocycles.